The Kier molecular flexibility index (Phi) is 6.03. The summed E-state index contributed by atoms with van der Waals surface area (Å²) in [5.74, 6) is 0.950. The van der Waals surface area contributed by atoms with Gasteiger partial charge >= 0.3 is 0 Å². The van der Waals surface area contributed by atoms with Gasteiger partial charge in [-0.2, -0.15) is 0 Å². The largest absolute Gasteiger partial charge is 0.501 e. The molecule has 0 aliphatic heterocycles. The summed E-state index contributed by atoms with van der Waals surface area (Å²) in [5.41, 5.74) is 2.60. The van der Waals surface area contributed by atoms with Gasteiger partial charge in [0.05, 0.1) is 12.9 Å². The van der Waals surface area contributed by atoms with Gasteiger partial charge in [-0.3, -0.25) is 0 Å². The van der Waals surface area contributed by atoms with Crippen LogP contribution in [0.5, 0.6) is 0 Å². The molecule has 0 aromatic heterocycles. The molecule has 1 nitrogen and oxygen atoms in total. The lowest BCUT2D eigenvalue weighted by Gasteiger charge is -1.98. The molecule has 0 saturated heterocycles. The van der Waals surface area contributed by atoms with E-state index in [9.17, 15) is 0 Å². The summed E-state index contributed by atoms with van der Waals surface area (Å²) >= 11 is 0. The topological polar surface area (TPSA) is 9.23 Å². The van der Waals surface area contributed by atoms with E-state index < -0.39 is 0 Å². The van der Waals surface area contributed by atoms with E-state index in [1.54, 1.807) is 7.11 Å². The molecule has 74 valence electrons. The molecule has 0 aromatic rings. The van der Waals surface area contributed by atoms with E-state index in [1.807, 2.05) is 13.0 Å². The molecule has 0 saturated carbocycles. The van der Waals surface area contributed by atoms with Crippen molar-refractivity contribution >= 4 is 0 Å². The van der Waals surface area contributed by atoms with E-state index >= 15 is 0 Å². The van der Waals surface area contributed by atoms with Crippen molar-refractivity contribution in [2.24, 2.45) is 0 Å². The van der Waals surface area contributed by atoms with Crippen LogP contribution in [0.25, 0.3) is 0 Å². The molecule has 0 amide bonds. The zero-order valence-electron chi connectivity index (χ0n) is 9.35. The van der Waals surface area contributed by atoms with Crippen molar-refractivity contribution in [3.05, 3.63) is 35.1 Å². The molecule has 0 N–H and O–H groups in total. The molecule has 0 fully saturated rings. The van der Waals surface area contributed by atoms with E-state index in [0.717, 1.165) is 12.2 Å². The minimum Gasteiger partial charge on any atom is -0.501 e. The van der Waals surface area contributed by atoms with Gasteiger partial charge in [-0.05, 0) is 40.2 Å². The van der Waals surface area contributed by atoms with Gasteiger partial charge in [-0.1, -0.05) is 23.3 Å². The number of hydrogen-bond acceptors (Lipinski definition) is 1. The first-order valence-electron chi connectivity index (χ1n) is 4.58. The Morgan fingerprint density at radius 3 is 2.15 bits per heavy atom. The summed E-state index contributed by atoms with van der Waals surface area (Å²) in [6, 6.07) is 0. The first kappa shape index (κ1) is 12.0. The fourth-order valence-corrected chi connectivity index (χ4v) is 0.919. The van der Waals surface area contributed by atoms with E-state index in [-0.39, 0.29) is 0 Å². The Morgan fingerprint density at radius 1 is 1.08 bits per heavy atom. The van der Waals surface area contributed by atoms with Crippen molar-refractivity contribution in [1.82, 2.24) is 0 Å². The highest BCUT2D eigenvalue weighted by Gasteiger charge is 1.86. The molecule has 0 spiro atoms. The molecule has 0 atom stereocenters. The first-order chi connectivity index (χ1) is 6.06. The zero-order valence-corrected chi connectivity index (χ0v) is 9.35. The molecular formula is C12H20O. The van der Waals surface area contributed by atoms with Crippen LogP contribution >= 0.6 is 0 Å². The lowest BCUT2D eigenvalue weighted by molar-refractivity contribution is 0.293. The van der Waals surface area contributed by atoms with Gasteiger partial charge in [0.2, 0.25) is 0 Å². The van der Waals surface area contributed by atoms with E-state index in [1.165, 1.54) is 11.1 Å². The molecule has 0 aliphatic carbocycles. The van der Waals surface area contributed by atoms with Crippen LogP contribution in [-0.2, 0) is 4.74 Å². The van der Waals surface area contributed by atoms with Crippen molar-refractivity contribution in [2.45, 2.75) is 34.1 Å². The lowest BCUT2D eigenvalue weighted by atomic mass is 10.2. The summed E-state index contributed by atoms with van der Waals surface area (Å²) in [5, 5.41) is 0. The number of allylic oxidation sites excluding steroid dienone is 6. The van der Waals surface area contributed by atoms with Crippen LogP contribution in [-0.4, -0.2) is 7.11 Å². The highest BCUT2D eigenvalue weighted by atomic mass is 16.5. The second-order valence-electron chi connectivity index (χ2n) is 3.42. The third-order valence-corrected chi connectivity index (χ3v) is 1.72. The van der Waals surface area contributed by atoms with Gasteiger partial charge < -0.3 is 4.74 Å². The summed E-state index contributed by atoms with van der Waals surface area (Å²) in [6.45, 7) is 8.26. The fourth-order valence-electron chi connectivity index (χ4n) is 0.919. The summed E-state index contributed by atoms with van der Waals surface area (Å²) < 4.78 is 5.05. The van der Waals surface area contributed by atoms with Crippen molar-refractivity contribution in [1.29, 1.82) is 0 Å². The predicted octanol–water partition coefficient (Wildman–Crippen LogP) is 3.84. The number of ether oxygens (including phenoxy) is 1. The van der Waals surface area contributed by atoms with Crippen LogP contribution in [0.15, 0.2) is 35.1 Å². The standard InChI is InChI=1S/C12H20O/c1-10(2)7-6-8-11(3)9-12(4)13-5/h7-9H,6H2,1-5H3/b11-8+,12-9-. The molecule has 1 heteroatoms. The Balaban J connectivity index is 4.11. The SMILES string of the molecule is CO/C(C)=C\C(C)=C\CC=C(C)C. The minimum atomic E-state index is 0.950. The van der Waals surface area contributed by atoms with Gasteiger partial charge in [0.1, 0.15) is 0 Å². The molecule has 0 heterocycles. The van der Waals surface area contributed by atoms with Crippen molar-refractivity contribution in [3.8, 4) is 0 Å². The Hall–Kier alpha value is -0.980. The smallest absolute Gasteiger partial charge is 0.0927 e. The second-order valence-corrected chi connectivity index (χ2v) is 3.42. The maximum absolute atomic E-state index is 5.05. The Labute approximate surface area is 81.8 Å². The highest BCUT2D eigenvalue weighted by molar-refractivity contribution is 5.19. The fraction of sp³-hybridized carbons (Fsp3) is 0.500. The zero-order chi connectivity index (χ0) is 10.3. The molecule has 0 aliphatic rings. The van der Waals surface area contributed by atoms with Crippen LogP contribution in [0.3, 0.4) is 0 Å². The van der Waals surface area contributed by atoms with Crippen LogP contribution in [0, 0.1) is 0 Å². The van der Waals surface area contributed by atoms with Gasteiger partial charge in [-0.25, -0.2) is 0 Å². The molecule has 0 rings (SSSR count). The van der Waals surface area contributed by atoms with E-state index in [2.05, 4.69) is 32.9 Å². The van der Waals surface area contributed by atoms with Gasteiger partial charge in [0, 0.05) is 0 Å². The van der Waals surface area contributed by atoms with Crippen LogP contribution in [0.2, 0.25) is 0 Å². The summed E-state index contributed by atoms with van der Waals surface area (Å²) in [7, 11) is 1.69. The summed E-state index contributed by atoms with van der Waals surface area (Å²) in [4.78, 5) is 0. The van der Waals surface area contributed by atoms with Gasteiger partial charge in [0.25, 0.3) is 0 Å². The minimum absolute atomic E-state index is 0.950. The van der Waals surface area contributed by atoms with E-state index in [0.29, 0.717) is 0 Å². The molecule has 13 heavy (non-hydrogen) atoms. The van der Waals surface area contributed by atoms with Gasteiger partial charge in [0.15, 0.2) is 0 Å². The third-order valence-electron chi connectivity index (χ3n) is 1.72. The van der Waals surface area contributed by atoms with Crippen LogP contribution in [0.4, 0.5) is 0 Å². The number of methoxy groups -OCH3 is 1. The average Bonchev–Trinajstić information content (AvgIpc) is 2.03. The molecule has 0 unspecified atom stereocenters. The molecule has 0 aromatic carbocycles. The van der Waals surface area contributed by atoms with Crippen molar-refractivity contribution in [2.75, 3.05) is 7.11 Å². The monoisotopic (exact) mass is 180 g/mol. The number of hydrogen-bond donors (Lipinski definition) is 0. The molecular weight excluding hydrogens is 160 g/mol. The van der Waals surface area contributed by atoms with Crippen molar-refractivity contribution < 1.29 is 4.74 Å². The Bertz CT molecular complexity index is 228. The van der Waals surface area contributed by atoms with Gasteiger partial charge in [-0.15, -0.1) is 0 Å². The number of rotatable bonds is 4. The van der Waals surface area contributed by atoms with Crippen LogP contribution in [0.1, 0.15) is 34.1 Å². The van der Waals surface area contributed by atoms with Crippen LogP contribution < -0.4 is 0 Å². The summed E-state index contributed by atoms with van der Waals surface area (Å²) in [6.07, 6.45) is 7.44. The second kappa shape index (κ2) is 6.53. The average molecular weight is 180 g/mol. The lowest BCUT2D eigenvalue weighted by Crippen LogP contribution is -1.80. The Morgan fingerprint density at radius 2 is 1.69 bits per heavy atom. The van der Waals surface area contributed by atoms with E-state index in [4.69, 9.17) is 4.74 Å². The third kappa shape index (κ3) is 7.38. The quantitative estimate of drug-likeness (QED) is 0.363. The first-order valence-corrected chi connectivity index (χ1v) is 4.58. The van der Waals surface area contributed by atoms with Crippen molar-refractivity contribution in [3.63, 3.8) is 0 Å². The molecule has 0 radical (unpaired) electrons. The molecule has 0 bridgehead atoms. The normalized spacial score (nSPS) is 12.7. The highest BCUT2D eigenvalue weighted by Crippen LogP contribution is 2.04. The maximum Gasteiger partial charge on any atom is 0.0927 e. The predicted molar refractivity (Wildman–Crippen MR) is 58.6 cm³/mol. The maximum atomic E-state index is 5.05.